The van der Waals surface area contributed by atoms with E-state index in [4.69, 9.17) is 11.5 Å². The molecule has 1 saturated heterocycles. The van der Waals surface area contributed by atoms with Crippen LogP contribution in [-0.4, -0.2) is 48.3 Å². The van der Waals surface area contributed by atoms with Crippen molar-refractivity contribution in [3.8, 4) is 0 Å². The number of amides is 3. The zero-order valence-electron chi connectivity index (χ0n) is 13.7. The van der Waals surface area contributed by atoms with Gasteiger partial charge in [-0.05, 0) is 43.0 Å². The molecule has 1 aromatic carbocycles. The Morgan fingerprint density at radius 3 is 2.79 bits per heavy atom. The van der Waals surface area contributed by atoms with Crippen molar-refractivity contribution in [3.05, 3.63) is 29.3 Å². The van der Waals surface area contributed by atoms with Crippen LogP contribution in [0, 0.1) is 5.92 Å². The smallest absolute Gasteiger partial charge is 0.248 e. The zero-order chi connectivity index (χ0) is 17.4. The number of benzene rings is 1. The summed E-state index contributed by atoms with van der Waals surface area (Å²) in [5.41, 5.74) is 13.0. The van der Waals surface area contributed by atoms with Gasteiger partial charge in [0.1, 0.15) is 0 Å². The summed E-state index contributed by atoms with van der Waals surface area (Å²) in [5.74, 6) is -0.289. The quantitative estimate of drug-likeness (QED) is 0.801. The normalized spacial score (nSPS) is 21.1. The predicted molar refractivity (Wildman–Crippen MR) is 89.4 cm³/mol. The summed E-state index contributed by atoms with van der Waals surface area (Å²) in [6.07, 6.45) is 1.14. The van der Waals surface area contributed by atoms with Gasteiger partial charge in [-0.1, -0.05) is 0 Å². The molecule has 0 radical (unpaired) electrons. The number of nitrogens with two attached hydrogens (primary N) is 2. The van der Waals surface area contributed by atoms with E-state index in [-0.39, 0.29) is 24.2 Å². The van der Waals surface area contributed by atoms with Gasteiger partial charge in [0.15, 0.2) is 0 Å². The number of likely N-dealkylation sites (tertiary alicyclic amines) is 1. The van der Waals surface area contributed by atoms with Crippen LogP contribution in [0.2, 0.25) is 0 Å². The third-order valence-electron chi connectivity index (χ3n) is 4.73. The Labute approximate surface area is 140 Å². The van der Waals surface area contributed by atoms with E-state index < -0.39 is 11.9 Å². The Morgan fingerprint density at radius 1 is 1.38 bits per heavy atom. The summed E-state index contributed by atoms with van der Waals surface area (Å²) in [4.78, 5) is 39.1. The maximum absolute atomic E-state index is 12.3. The fourth-order valence-corrected chi connectivity index (χ4v) is 3.46. The largest absolute Gasteiger partial charge is 0.366 e. The minimum absolute atomic E-state index is 0.0172. The Hall–Kier alpha value is -2.41. The maximum atomic E-state index is 12.3. The van der Waals surface area contributed by atoms with Gasteiger partial charge in [-0.3, -0.25) is 14.4 Å². The standard InChI is InChI=1S/C17H22N4O3/c1-10(18)17(24)20-5-4-11(8-20)9-21-14-3-2-12(16(19)23)6-13(14)7-15(21)22/h2-3,6,10-11H,4-5,7-9,18H2,1H3,(H2,19,23)/t10-,11-/m0/s1. The fourth-order valence-electron chi connectivity index (χ4n) is 3.46. The van der Waals surface area contributed by atoms with Crippen LogP contribution in [0.3, 0.4) is 0 Å². The van der Waals surface area contributed by atoms with Crippen molar-refractivity contribution in [3.63, 3.8) is 0 Å². The molecule has 7 heteroatoms. The zero-order valence-corrected chi connectivity index (χ0v) is 13.7. The van der Waals surface area contributed by atoms with Crippen molar-refractivity contribution < 1.29 is 14.4 Å². The molecule has 0 saturated carbocycles. The van der Waals surface area contributed by atoms with E-state index in [1.165, 1.54) is 0 Å². The first-order valence-electron chi connectivity index (χ1n) is 8.14. The lowest BCUT2D eigenvalue weighted by Crippen LogP contribution is -2.41. The lowest BCUT2D eigenvalue weighted by molar-refractivity contribution is -0.131. The van der Waals surface area contributed by atoms with Crippen molar-refractivity contribution >= 4 is 23.4 Å². The topological polar surface area (TPSA) is 110 Å². The van der Waals surface area contributed by atoms with E-state index in [1.54, 1.807) is 34.9 Å². The summed E-state index contributed by atoms with van der Waals surface area (Å²) < 4.78 is 0. The molecular formula is C17H22N4O3. The second kappa shape index (κ2) is 6.24. The molecule has 0 aliphatic carbocycles. The average Bonchev–Trinajstić information content (AvgIpc) is 3.11. The molecule has 2 aliphatic heterocycles. The SMILES string of the molecule is C[C@H](N)C(=O)N1CC[C@H](CN2C(=O)Cc3cc(C(N)=O)ccc32)C1. The van der Waals surface area contributed by atoms with Gasteiger partial charge in [0.2, 0.25) is 17.7 Å². The first-order valence-corrected chi connectivity index (χ1v) is 8.14. The highest BCUT2D eigenvalue weighted by Crippen LogP contribution is 2.31. The Bertz CT molecular complexity index is 701. The summed E-state index contributed by atoms with van der Waals surface area (Å²) in [6, 6.07) is 4.62. The first-order chi connectivity index (χ1) is 11.4. The number of carbonyl (C=O) groups is 3. The van der Waals surface area contributed by atoms with Crippen molar-refractivity contribution in [2.45, 2.75) is 25.8 Å². The van der Waals surface area contributed by atoms with E-state index in [0.717, 1.165) is 17.7 Å². The Balaban J connectivity index is 1.70. The van der Waals surface area contributed by atoms with E-state index in [1.807, 2.05) is 0 Å². The number of nitrogens with zero attached hydrogens (tertiary/aromatic N) is 2. The molecule has 2 atom stereocenters. The highest BCUT2D eigenvalue weighted by Gasteiger charge is 2.33. The first kappa shape index (κ1) is 16.4. The van der Waals surface area contributed by atoms with E-state index >= 15 is 0 Å². The molecule has 3 rings (SSSR count). The predicted octanol–water partition coefficient (Wildman–Crippen LogP) is -0.130. The van der Waals surface area contributed by atoms with Gasteiger partial charge in [0.25, 0.3) is 0 Å². The monoisotopic (exact) mass is 330 g/mol. The Morgan fingerprint density at radius 2 is 2.12 bits per heavy atom. The van der Waals surface area contributed by atoms with E-state index in [0.29, 0.717) is 25.2 Å². The summed E-state index contributed by atoms with van der Waals surface area (Å²) in [5, 5.41) is 0. The number of hydrogen-bond acceptors (Lipinski definition) is 4. The van der Waals surface area contributed by atoms with Crippen molar-refractivity contribution in [2.75, 3.05) is 24.5 Å². The maximum Gasteiger partial charge on any atom is 0.248 e. The lowest BCUT2D eigenvalue weighted by Gasteiger charge is -2.23. The molecule has 0 unspecified atom stereocenters. The van der Waals surface area contributed by atoms with Gasteiger partial charge in [-0.25, -0.2) is 0 Å². The lowest BCUT2D eigenvalue weighted by atomic mass is 10.1. The molecule has 0 bridgehead atoms. The molecule has 2 aliphatic rings. The van der Waals surface area contributed by atoms with Crippen LogP contribution in [0.5, 0.6) is 0 Å². The van der Waals surface area contributed by atoms with Gasteiger partial charge in [0.05, 0.1) is 12.5 Å². The van der Waals surface area contributed by atoms with Crippen LogP contribution in [-0.2, 0) is 16.0 Å². The number of rotatable bonds is 4. The number of fused-ring (bicyclic) bond motifs is 1. The summed E-state index contributed by atoms with van der Waals surface area (Å²) in [6.45, 7) is 3.57. The number of hydrogen-bond donors (Lipinski definition) is 2. The van der Waals surface area contributed by atoms with Gasteiger partial charge < -0.3 is 21.3 Å². The summed E-state index contributed by atoms with van der Waals surface area (Å²) in [7, 11) is 0. The molecule has 4 N–H and O–H groups in total. The van der Waals surface area contributed by atoms with E-state index in [2.05, 4.69) is 0 Å². The molecule has 3 amide bonds. The number of primary amides is 1. The van der Waals surface area contributed by atoms with Crippen molar-refractivity contribution in [1.82, 2.24) is 4.90 Å². The average molecular weight is 330 g/mol. The van der Waals surface area contributed by atoms with Gasteiger partial charge >= 0.3 is 0 Å². The number of carbonyl (C=O) groups excluding carboxylic acids is 3. The number of anilines is 1. The summed E-state index contributed by atoms with van der Waals surface area (Å²) >= 11 is 0. The highest BCUT2D eigenvalue weighted by atomic mass is 16.2. The van der Waals surface area contributed by atoms with E-state index in [9.17, 15) is 14.4 Å². The van der Waals surface area contributed by atoms with Crippen LogP contribution in [0.1, 0.15) is 29.3 Å². The van der Waals surface area contributed by atoms with Crippen LogP contribution in [0.25, 0.3) is 0 Å². The van der Waals surface area contributed by atoms with Crippen LogP contribution < -0.4 is 16.4 Å². The Kier molecular flexibility index (Phi) is 4.28. The second-order valence-electron chi connectivity index (χ2n) is 6.62. The van der Waals surface area contributed by atoms with Crippen LogP contribution in [0.15, 0.2) is 18.2 Å². The molecule has 1 aromatic rings. The molecule has 0 aromatic heterocycles. The molecule has 2 heterocycles. The fraction of sp³-hybridized carbons (Fsp3) is 0.471. The van der Waals surface area contributed by atoms with Crippen molar-refractivity contribution in [1.29, 1.82) is 0 Å². The minimum atomic E-state index is -0.496. The third-order valence-corrected chi connectivity index (χ3v) is 4.73. The van der Waals surface area contributed by atoms with Crippen molar-refractivity contribution in [2.24, 2.45) is 17.4 Å². The minimum Gasteiger partial charge on any atom is -0.366 e. The second-order valence-corrected chi connectivity index (χ2v) is 6.62. The van der Waals surface area contributed by atoms with Gasteiger partial charge in [-0.2, -0.15) is 0 Å². The molecule has 0 spiro atoms. The van der Waals surface area contributed by atoms with Crippen LogP contribution >= 0.6 is 0 Å². The molecule has 128 valence electrons. The highest BCUT2D eigenvalue weighted by molar-refractivity contribution is 6.03. The van der Waals surface area contributed by atoms with Crippen LogP contribution in [0.4, 0.5) is 5.69 Å². The molecule has 1 fully saturated rings. The molecule has 24 heavy (non-hydrogen) atoms. The third kappa shape index (κ3) is 2.99. The molecular weight excluding hydrogens is 308 g/mol. The molecule has 7 nitrogen and oxygen atoms in total. The van der Waals surface area contributed by atoms with Gasteiger partial charge in [-0.15, -0.1) is 0 Å². The van der Waals surface area contributed by atoms with Gasteiger partial charge in [0, 0.05) is 30.9 Å².